The Bertz CT molecular complexity index is 570. The number of hydrogen-bond acceptors (Lipinski definition) is 2. The minimum absolute atomic E-state index is 0.0369. The van der Waals surface area contributed by atoms with Crippen molar-refractivity contribution in [2.75, 3.05) is 0 Å². The number of carboxylic acid groups (broad SMARTS) is 1. The highest BCUT2D eigenvalue weighted by atomic mass is 16.4. The lowest BCUT2D eigenvalue weighted by molar-refractivity contribution is -0.136. The summed E-state index contributed by atoms with van der Waals surface area (Å²) in [7, 11) is 0. The van der Waals surface area contributed by atoms with Crippen LogP contribution in [0.1, 0.15) is 31.1 Å². The van der Waals surface area contributed by atoms with Crippen molar-refractivity contribution in [1.82, 2.24) is 9.78 Å². The first-order valence-electron chi connectivity index (χ1n) is 5.69. The van der Waals surface area contributed by atoms with Crippen molar-refractivity contribution in [3.63, 3.8) is 0 Å². The molecule has 1 aromatic carbocycles. The number of aliphatic carboxylic acids is 1. The second kappa shape index (κ2) is 4.20. The molecule has 0 bridgehead atoms. The molecule has 0 saturated carbocycles. The van der Waals surface area contributed by atoms with Gasteiger partial charge >= 0.3 is 5.97 Å². The molecule has 0 fully saturated rings. The van der Waals surface area contributed by atoms with Crippen LogP contribution in [-0.4, -0.2) is 20.9 Å². The molecule has 0 radical (unpaired) electrons. The average molecular weight is 232 g/mol. The number of para-hydroxylation sites is 1. The average Bonchev–Trinajstić information content (AvgIpc) is 2.57. The molecule has 0 amide bonds. The number of nitrogens with zero attached hydrogens (tertiary/aromatic N) is 2. The molecule has 2 aromatic rings. The fraction of sp³-hybridized carbons (Fsp3) is 0.385. The van der Waals surface area contributed by atoms with Crippen LogP contribution in [0.2, 0.25) is 0 Å². The normalized spacial score (nSPS) is 11.3. The van der Waals surface area contributed by atoms with Crippen molar-refractivity contribution in [3.8, 4) is 0 Å². The van der Waals surface area contributed by atoms with Crippen LogP contribution in [0.3, 0.4) is 0 Å². The maximum Gasteiger partial charge on any atom is 0.307 e. The van der Waals surface area contributed by atoms with Crippen LogP contribution < -0.4 is 0 Å². The minimum atomic E-state index is -0.813. The summed E-state index contributed by atoms with van der Waals surface area (Å²) in [4.78, 5) is 10.9. The first-order valence-corrected chi connectivity index (χ1v) is 5.69. The summed E-state index contributed by atoms with van der Waals surface area (Å²) in [5, 5.41) is 14.5. The number of hydrogen-bond donors (Lipinski definition) is 1. The fourth-order valence-electron chi connectivity index (χ4n) is 2.10. The molecule has 0 unspecified atom stereocenters. The van der Waals surface area contributed by atoms with Gasteiger partial charge in [-0.1, -0.05) is 18.2 Å². The van der Waals surface area contributed by atoms with Crippen molar-refractivity contribution >= 4 is 16.9 Å². The summed E-state index contributed by atoms with van der Waals surface area (Å²) in [6.45, 7) is 6.04. The number of rotatable bonds is 3. The van der Waals surface area contributed by atoms with Gasteiger partial charge in [-0.3, -0.25) is 9.48 Å². The SMILES string of the molecule is Cc1nn(C(C)C)c2c(CC(=O)O)cccc12. The molecule has 1 heterocycles. The molecule has 0 aliphatic carbocycles. The van der Waals surface area contributed by atoms with E-state index < -0.39 is 5.97 Å². The van der Waals surface area contributed by atoms with Gasteiger partial charge in [-0.05, 0) is 26.3 Å². The minimum Gasteiger partial charge on any atom is -0.481 e. The number of aryl methyl sites for hydroxylation is 1. The summed E-state index contributed by atoms with van der Waals surface area (Å²) < 4.78 is 1.91. The Labute approximate surface area is 99.9 Å². The largest absolute Gasteiger partial charge is 0.481 e. The van der Waals surface area contributed by atoms with E-state index in [1.54, 1.807) is 0 Å². The van der Waals surface area contributed by atoms with Gasteiger partial charge in [0.15, 0.2) is 0 Å². The third-order valence-electron chi connectivity index (χ3n) is 2.83. The number of carboxylic acids is 1. The molecular formula is C13H16N2O2. The smallest absolute Gasteiger partial charge is 0.307 e. The molecule has 1 aromatic heterocycles. The molecule has 17 heavy (non-hydrogen) atoms. The monoisotopic (exact) mass is 232 g/mol. The van der Waals surface area contributed by atoms with E-state index in [4.69, 9.17) is 5.11 Å². The Morgan fingerprint density at radius 3 is 2.76 bits per heavy atom. The third-order valence-corrected chi connectivity index (χ3v) is 2.83. The number of aromatic nitrogens is 2. The second-order valence-corrected chi connectivity index (χ2v) is 4.51. The second-order valence-electron chi connectivity index (χ2n) is 4.51. The predicted molar refractivity (Wildman–Crippen MR) is 66.2 cm³/mol. The maximum atomic E-state index is 10.9. The lowest BCUT2D eigenvalue weighted by Crippen LogP contribution is -2.07. The van der Waals surface area contributed by atoms with Crippen molar-refractivity contribution in [2.24, 2.45) is 0 Å². The molecular weight excluding hydrogens is 216 g/mol. The summed E-state index contributed by atoms with van der Waals surface area (Å²) in [5.74, 6) is -0.813. The molecule has 1 N–H and O–H groups in total. The Kier molecular flexibility index (Phi) is 2.88. The lowest BCUT2D eigenvalue weighted by Gasteiger charge is -2.09. The van der Waals surface area contributed by atoms with Gasteiger partial charge in [0, 0.05) is 11.4 Å². The predicted octanol–water partition coefficient (Wildman–Crippen LogP) is 2.55. The number of fused-ring (bicyclic) bond motifs is 1. The topological polar surface area (TPSA) is 55.1 Å². The molecule has 2 rings (SSSR count). The fourth-order valence-corrected chi connectivity index (χ4v) is 2.10. The Morgan fingerprint density at radius 2 is 2.18 bits per heavy atom. The molecule has 4 nitrogen and oxygen atoms in total. The zero-order chi connectivity index (χ0) is 12.6. The van der Waals surface area contributed by atoms with Crippen molar-refractivity contribution in [1.29, 1.82) is 0 Å². The first kappa shape index (κ1) is 11.6. The van der Waals surface area contributed by atoms with Crippen LogP contribution in [0.15, 0.2) is 18.2 Å². The number of carbonyl (C=O) groups is 1. The van der Waals surface area contributed by atoms with Crippen LogP contribution in [0.4, 0.5) is 0 Å². The van der Waals surface area contributed by atoms with Crippen LogP contribution in [0, 0.1) is 6.92 Å². The van der Waals surface area contributed by atoms with E-state index in [0.717, 1.165) is 22.2 Å². The van der Waals surface area contributed by atoms with E-state index >= 15 is 0 Å². The van der Waals surface area contributed by atoms with Gasteiger partial charge in [-0.2, -0.15) is 5.10 Å². The van der Waals surface area contributed by atoms with Gasteiger partial charge in [0.1, 0.15) is 0 Å². The zero-order valence-corrected chi connectivity index (χ0v) is 10.3. The van der Waals surface area contributed by atoms with Crippen LogP contribution in [-0.2, 0) is 11.2 Å². The van der Waals surface area contributed by atoms with Crippen molar-refractivity contribution in [2.45, 2.75) is 33.2 Å². The van der Waals surface area contributed by atoms with Crippen molar-refractivity contribution < 1.29 is 9.90 Å². The first-order chi connectivity index (χ1) is 8.00. The molecule has 90 valence electrons. The van der Waals surface area contributed by atoms with Gasteiger partial charge < -0.3 is 5.11 Å². The molecule has 4 heteroatoms. The molecule has 0 atom stereocenters. The van der Waals surface area contributed by atoms with E-state index in [-0.39, 0.29) is 12.5 Å². The van der Waals surface area contributed by atoms with E-state index in [1.807, 2.05) is 43.7 Å². The Balaban J connectivity index is 2.71. The van der Waals surface area contributed by atoms with Gasteiger partial charge in [0.25, 0.3) is 0 Å². The van der Waals surface area contributed by atoms with E-state index in [9.17, 15) is 4.79 Å². The highest BCUT2D eigenvalue weighted by Crippen LogP contribution is 2.25. The van der Waals surface area contributed by atoms with Gasteiger partial charge in [0.2, 0.25) is 0 Å². The van der Waals surface area contributed by atoms with E-state index in [1.165, 1.54) is 0 Å². The van der Waals surface area contributed by atoms with E-state index in [2.05, 4.69) is 5.10 Å². The summed E-state index contributed by atoms with van der Waals surface area (Å²) in [5.41, 5.74) is 2.72. The Morgan fingerprint density at radius 1 is 1.47 bits per heavy atom. The summed E-state index contributed by atoms with van der Waals surface area (Å²) >= 11 is 0. The molecule has 0 saturated heterocycles. The van der Waals surface area contributed by atoms with E-state index in [0.29, 0.717) is 0 Å². The van der Waals surface area contributed by atoms with Crippen LogP contribution in [0.25, 0.3) is 10.9 Å². The van der Waals surface area contributed by atoms with Gasteiger partial charge in [0.05, 0.1) is 17.6 Å². The third kappa shape index (κ3) is 2.02. The highest BCUT2D eigenvalue weighted by Gasteiger charge is 2.14. The summed E-state index contributed by atoms with van der Waals surface area (Å²) in [6.07, 6.45) is 0.0369. The standard InChI is InChI=1S/C13H16N2O2/c1-8(2)15-13-10(7-12(16)17)5-4-6-11(13)9(3)14-15/h4-6,8H,7H2,1-3H3,(H,16,17). The van der Waals surface area contributed by atoms with Crippen LogP contribution in [0.5, 0.6) is 0 Å². The molecule has 0 aliphatic rings. The van der Waals surface area contributed by atoms with Gasteiger partial charge in [-0.15, -0.1) is 0 Å². The molecule has 0 aliphatic heterocycles. The Hall–Kier alpha value is -1.84. The zero-order valence-electron chi connectivity index (χ0n) is 10.3. The molecule has 0 spiro atoms. The number of benzene rings is 1. The van der Waals surface area contributed by atoms with Gasteiger partial charge in [-0.25, -0.2) is 0 Å². The lowest BCUT2D eigenvalue weighted by atomic mass is 10.1. The maximum absolute atomic E-state index is 10.9. The van der Waals surface area contributed by atoms with Crippen molar-refractivity contribution in [3.05, 3.63) is 29.5 Å². The highest BCUT2D eigenvalue weighted by molar-refractivity contribution is 5.88. The quantitative estimate of drug-likeness (QED) is 0.884. The summed E-state index contributed by atoms with van der Waals surface area (Å²) in [6, 6.07) is 5.96. The van der Waals surface area contributed by atoms with Crippen LogP contribution >= 0.6 is 0 Å².